The quantitative estimate of drug-likeness (QED) is 0.512. The molecular formula is C27H38N4O6. The first kappa shape index (κ1) is 28.0. The van der Waals surface area contributed by atoms with E-state index in [4.69, 9.17) is 14.2 Å². The maximum Gasteiger partial charge on any atom is 0.308 e. The molecule has 3 rings (SSSR count). The van der Waals surface area contributed by atoms with E-state index >= 15 is 0 Å². The van der Waals surface area contributed by atoms with E-state index in [1.54, 1.807) is 46.1 Å². The molecule has 0 bridgehead atoms. The molecule has 1 aliphatic rings. The zero-order chi connectivity index (χ0) is 27.2. The summed E-state index contributed by atoms with van der Waals surface area (Å²) in [4.78, 5) is 43.6. The minimum absolute atomic E-state index is 0.177. The molecule has 0 saturated carbocycles. The molecule has 1 aliphatic heterocycles. The Balaban J connectivity index is 1.65. The third-order valence-electron chi connectivity index (χ3n) is 6.15. The van der Waals surface area contributed by atoms with Gasteiger partial charge in [-0.2, -0.15) is 0 Å². The van der Waals surface area contributed by atoms with E-state index in [1.807, 2.05) is 24.4 Å². The molecule has 1 fully saturated rings. The van der Waals surface area contributed by atoms with Crippen LogP contribution in [0.25, 0.3) is 0 Å². The molecule has 2 heterocycles. The first-order valence-corrected chi connectivity index (χ1v) is 12.5. The van der Waals surface area contributed by atoms with Gasteiger partial charge in [0.1, 0.15) is 29.0 Å². The maximum atomic E-state index is 13.2. The molecule has 0 spiro atoms. The third kappa shape index (κ3) is 7.96. The summed E-state index contributed by atoms with van der Waals surface area (Å²) in [5.41, 5.74) is 0.361. The first-order chi connectivity index (χ1) is 17.5. The zero-order valence-corrected chi connectivity index (χ0v) is 22.6. The second kappa shape index (κ2) is 12.1. The Labute approximate surface area is 218 Å². The Morgan fingerprint density at radius 3 is 2.24 bits per heavy atom. The molecule has 0 radical (unpaired) electrons. The minimum atomic E-state index is -0.950. The van der Waals surface area contributed by atoms with Gasteiger partial charge in [0.25, 0.3) is 0 Å². The number of imidazole rings is 1. The van der Waals surface area contributed by atoms with Crippen molar-refractivity contribution in [1.82, 2.24) is 19.8 Å². The molecule has 202 valence electrons. The normalized spacial score (nSPS) is 15.1. The average molecular weight is 515 g/mol. The number of benzene rings is 1. The molecule has 1 N–H and O–H groups in total. The van der Waals surface area contributed by atoms with Crippen molar-refractivity contribution in [3.05, 3.63) is 42.0 Å². The Morgan fingerprint density at radius 1 is 1.08 bits per heavy atom. The van der Waals surface area contributed by atoms with Crippen LogP contribution in [0, 0.1) is 0 Å². The number of hydrogen-bond donors (Lipinski definition) is 1. The monoisotopic (exact) mass is 514 g/mol. The van der Waals surface area contributed by atoms with Gasteiger partial charge in [0.05, 0.1) is 20.6 Å². The van der Waals surface area contributed by atoms with Crippen molar-refractivity contribution in [2.75, 3.05) is 27.3 Å². The third-order valence-corrected chi connectivity index (χ3v) is 6.15. The van der Waals surface area contributed by atoms with Crippen LogP contribution < -0.4 is 14.8 Å². The largest absolute Gasteiger partial charge is 0.497 e. The van der Waals surface area contributed by atoms with Crippen LogP contribution in [0.1, 0.15) is 64.3 Å². The molecule has 1 aromatic carbocycles. The summed E-state index contributed by atoms with van der Waals surface area (Å²) >= 11 is 0. The van der Waals surface area contributed by atoms with Gasteiger partial charge in [-0.15, -0.1) is 0 Å². The number of hydrogen-bond acceptors (Lipinski definition) is 7. The van der Waals surface area contributed by atoms with Crippen molar-refractivity contribution >= 4 is 17.8 Å². The van der Waals surface area contributed by atoms with Gasteiger partial charge in [-0.05, 0) is 51.3 Å². The zero-order valence-electron chi connectivity index (χ0n) is 22.6. The highest BCUT2D eigenvalue weighted by Crippen LogP contribution is 2.29. The molecule has 2 amide bonds. The molecule has 10 nitrogen and oxygen atoms in total. The highest BCUT2D eigenvalue weighted by atomic mass is 16.6. The van der Waals surface area contributed by atoms with Crippen molar-refractivity contribution in [2.45, 2.75) is 71.1 Å². The molecule has 1 atom stereocenters. The Bertz CT molecular complexity index is 1080. The summed E-state index contributed by atoms with van der Waals surface area (Å²) in [7, 11) is 3.25. The van der Waals surface area contributed by atoms with Crippen LogP contribution in [-0.4, -0.2) is 71.2 Å². The van der Waals surface area contributed by atoms with E-state index in [-0.39, 0.29) is 24.2 Å². The lowest BCUT2D eigenvalue weighted by Gasteiger charge is -2.34. The first-order valence-electron chi connectivity index (χ1n) is 12.5. The number of carbonyl (C=O) groups is 3. The number of nitrogens with zero attached hydrogens (tertiary/aromatic N) is 3. The smallest absolute Gasteiger partial charge is 0.308 e. The fraction of sp³-hybridized carbons (Fsp3) is 0.556. The lowest BCUT2D eigenvalue weighted by Crippen LogP contribution is -2.51. The second-order valence-electron chi connectivity index (χ2n) is 10.3. The summed E-state index contributed by atoms with van der Waals surface area (Å²) in [5.74, 6) is 1.42. The predicted octanol–water partition coefficient (Wildman–Crippen LogP) is 2.89. The Hall–Kier alpha value is -3.56. The topological polar surface area (TPSA) is 112 Å². The van der Waals surface area contributed by atoms with Crippen LogP contribution >= 0.6 is 0 Å². The van der Waals surface area contributed by atoms with E-state index in [9.17, 15) is 14.4 Å². The molecule has 1 unspecified atom stereocenters. The van der Waals surface area contributed by atoms with E-state index in [2.05, 4.69) is 14.9 Å². The van der Waals surface area contributed by atoms with E-state index in [0.717, 1.165) is 35.7 Å². The highest BCUT2D eigenvalue weighted by molar-refractivity contribution is 5.90. The number of aromatic nitrogens is 2. The highest BCUT2D eigenvalue weighted by Gasteiger charge is 2.33. The van der Waals surface area contributed by atoms with Gasteiger partial charge in [0, 0.05) is 50.9 Å². The number of esters is 1. The predicted molar refractivity (Wildman–Crippen MR) is 137 cm³/mol. The lowest BCUT2D eigenvalue weighted by molar-refractivity contribution is -0.157. The number of methoxy groups -OCH3 is 2. The molecule has 0 aliphatic carbocycles. The van der Waals surface area contributed by atoms with Crippen LogP contribution in [-0.2, 0) is 25.7 Å². The molecular weight excluding hydrogens is 476 g/mol. The Kier molecular flexibility index (Phi) is 9.18. The van der Waals surface area contributed by atoms with Crippen LogP contribution in [0.3, 0.4) is 0 Å². The van der Waals surface area contributed by atoms with Gasteiger partial charge in [-0.25, -0.2) is 4.98 Å². The van der Waals surface area contributed by atoms with Gasteiger partial charge in [0.2, 0.25) is 11.8 Å². The van der Waals surface area contributed by atoms with Crippen molar-refractivity contribution in [3.8, 4) is 11.5 Å². The summed E-state index contributed by atoms with van der Waals surface area (Å²) < 4.78 is 18.2. The summed E-state index contributed by atoms with van der Waals surface area (Å²) in [6.07, 6.45) is 4.99. The SMILES string of the molecule is COc1cc(Cn2ccnc2C2CCN(C(=O)C(CC(=O)OC(C)(C)C)NC(C)=O)CC2)cc(OC)c1. The van der Waals surface area contributed by atoms with Crippen molar-refractivity contribution in [2.24, 2.45) is 0 Å². The number of rotatable bonds is 9. The van der Waals surface area contributed by atoms with Gasteiger partial charge in [-0.1, -0.05) is 0 Å². The molecule has 10 heteroatoms. The summed E-state index contributed by atoms with van der Waals surface area (Å²) in [6, 6.07) is 4.83. The van der Waals surface area contributed by atoms with Gasteiger partial charge in [-0.3, -0.25) is 14.4 Å². The average Bonchev–Trinajstić information content (AvgIpc) is 3.29. The van der Waals surface area contributed by atoms with E-state index in [1.165, 1.54) is 6.92 Å². The maximum absolute atomic E-state index is 13.2. The van der Waals surface area contributed by atoms with Crippen LogP contribution in [0.5, 0.6) is 11.5 Å². The van der Waals surface area contributed by atoms with Crippen LogP contribution in [0.15, 0.2) is 30.6 Å². The van der Waals surface area contributed by atoms with Gasteiger partial charge < -0.3 is 29.0 Å². The standard InChI is InChI=1S/C27H38N4O6/c1-18(32)29-23(16-24(33)37-27(2,3)4)26(34)30-10-7-20(8-11-30)25-28-9-12-31(25)17-19-13-21(35-5)15-22(14-19)36-6/h9,12-15,20,23H,7-8,10-11,16-17H2,1-6H3,(H,29,32). The van der Waals surface area contributed by atoms with Gasteiger partial charge in [0.15, 0.2) is 0 Å². The second-order valence-corrected chi connectivity index (χ2v) is 10.3. The number of nitrogens with one attached hydrogen (secondary N) is 1. The van der Waals surface area contributed by atoms with Gasteiger partial charge >= 0.3 is 5.97 Å². The molecule has 2 aromatic rings. The number of carbonyl (C=O) groups excluding carboxylic acids is 3. The lowest BCUT2D eigenvalue weighted by atomic mass is 9.95. The molecule has 1 saturated heterocycles. The van der Waals surface area contributed by atoms with Crippen molar-refractivity contribution in [3.63, 3.8) is 0 Å². The Morgan fingerprint density at radius 2 is 1.70 bits per heavy atom. The molecule has 1 aromatic heterocycles. The number of amides is 2. The fourth-order valence-corrected chi connectivity index (χ4v) is 4.54. The summed E-state index contributed by atoms with van der Waals surface area (Å²) in [5, 5.41) is 2.62. The van der Waals surface area contributed by atoms with E-state index < -0.39 is 17.6 Å². The number of likely N-dealkylation sites (tertiary alicyclic amines) is 1. The van der Waals surface area contributed by atoms with E-state index in [0.29, 0.717) is 19.6 Å². The number of ether oxygens (including phenoxy) is 3. The number of piperidine rings is 1. The van der Waals surface area contributed by atoms with Crippen molar-refractivity contribution in [1.29, 1.82) is 0 Å². The summed E-state index contributed by atoms with van der Waals surface area (Å²) in [6.45, 7) is 8.25. The van der Waals surface area contributed by atoms with Crippen LogP contribution in [0.2, 0.25) is 0 Å². The van der Waals surface area contributed by atoms with Crippen molar-refractivity contribution < 1.29 is 28.6 Å². The fourth-order valence-electron chi connectivity index (χ4n) is 4.54. The van der Waals surface area contributed by atoms with Crippen LogP contribution in [0.4, 0.5) is 0 Å². The minimum Gasteiger partial charge on any atom is -0.497 e. The molecule has 37 heavy (non-hydrogen) atoms.